The highest BCUT2D eigenvalue weighted by molar-refractivity contribution is 5.95. The van der Waals surface area contributed by atoms with Crippen molar-refractivity contribution < 1.29 is 9.72 Å². The molecule has 0 atom stereocenters. The van der Waals surface area contributed by atoms with Crippen LogP contribution in [0.5, 0.6) is 0 Å². The van der Waals surface area contributed by atoms with Crippen LogP contribution in [0.4, 0.5) is 5.69 Å². The second-order valence-corrected chi connectivity index (χ2v) is 4.94. The fraction of sp³-hybridized carbons (Fsp3) is 0. The minimum atomic E-state index is -0.557. The lowest BCUT2D eigenvalue weighted by molar-refractivity contribution is -0.384. The molecular formula is C17H12N4O3. The molecule has 0 fully saturated rings. The minimum absolute atomic E-state index is 0.150. The van der Waals surface area contributed by atoms with E-state index in [1.54, 1.807) is 6.07 Å². The first-order valence-electron chi connectivity index (χ1n) is 7.07. The van der Waals surface area contributed by atoms with Gasteiger partial charge in [-0.2, -0.15) is 5.10 Å². The summed E-state index contributed by atoms with van der Waals surface area (Å²) in [5.74, 6) is -0.532. The van der Waals surface area contributed by atoms with E-state index in [1.165, 1.54) is 30.5 Å². The molecule has 24 heavy (non-hydrogen) atoms. The topological polar surface area (TPSA) is 97.5 Å². The van der Waals surface area contributed by atoms with Crippen LogP contribution in [-0.4, -0.2) is 22.0 Å². The molecule has 1 heterocycles. The second kappa shape index (κ2) is 6.66. The number of nitro benzene ring substituents is 1. The Balaban J connectivity index is 1.71. The van der Waals surface area contributed by atoms with Gasteiger partial charge in [0.05, 0.1) is 22.3 Å². The fourth-order valence-electron chi connectivity index (χ4n) is 2.14. The lowest BCUT2D eigenvalue weighted by Crippen LogP contribution is -2.17. The molecule has 0 saturated carbocycles. The molecule has 0 radical (unpaired) electrons. The number of aromatic nitrogens is 1. The second-order valence-electron chi connectivity index (χ2n) is 4.94. The molecular weight excluding hydrogens is 308 g/mol. The largest absolute Gasteiger partial charge is 0.271 e. The Labute approximate surface area is 136 Å². The third-order valence-corrected chi connectivity index (χ3v) is 3.30. The Bertz CT molecular complexity index is 953. The van der Waals surface area contributed by atoms with E-state index in [0.29, 0.717) is 5.69 Å². The zero-order chi connectivity index (χ0) is 16.9. The van der Waals surface area contributed by atoms with Crippen molar-refractivity contribution in [1.82, 2.24) is 10.4 Å². The fourth-order valence-corrected chi connectivity index (χ4v) is 2.14. The first kappa shape index (κ1) is 15.3. The first-order chi connectivity index (χ1) is 11.6. The van der Waals surface area contributed by atoms with E-state index in [-0.39, 0.29) is 11.3 Å². The zero-order valence-corrected chi connectivity index (χ0v) is 12.4. The number of hydrazone groups is 1. The molecule has 0 aliphatic carbocycles. The number of carbonyl (C=O) groups is 1. The van der Waals surface area contributed by atoms with Crippen molar-refractivity contribution in [3.63, 3.8) is 0 Å². The molecule has 0 aliphatic heterocycles. The molecule has 0 unspecified atom stereocenters. The van der Waals surface area contributed by atoms with E-state index >= 15 is 0 Å². The number of nitrogens with one attached hydrogen (secondary N) is 1. The summed E-state index contributed by atoms with van der Waals surface area (Å²) in [5.41, 5.74) is 3.76. The van der Waals surface area contributed by atoms with Crippen molar-refractivity contribution in [3.8, 4) is 0 Å². The van der Waals surface area contributed by atoms with Crippen LogP contribution in [0.15, 0.2) is 65.8 Å². The van der Waals surface area contributed by atoms with Gasteiger partial charge in [-0.15, -0.1) is 0 Å². The Kier molecular flexibility index (Phi) is 4.24. The molecule has 0 bridgehead atoms. The van der Waals surface area contributed by atoms with E-state index in [9.17, 15) is 14.9 Å². The predicted molar refractivity (Wildman–Crippen MR) is 89.9 cm³/mol. The number of pyridine rings is 1. The maximum Gasteiger partial charge on any atom is 0.271 e. The van der Waals surface area contributed by atoms with Crippen LogP contribution in [0, 0.1) is 10.1 Å². The minimum Gasteiger partial charge on any atom is -0.267 e. The van der Waals surface area contributed by atoms with E-state index < -0.39 is 10.8 Å². The zero-order valence-electron chi connectivity index (χ0n) is 12.4. The summed E-state index contributed by atoms with van der Waals surface area (Å²) in [4.78, 5) is 26.5. The third kappa shape index (κ3) is 3.41. The number of para-hydroxylation sites is 1. The molecule has 1 amide bonds. The monoisotopic (exact) mass is 320 g/mol. The van der Waals surface area contributed by atoms with Crippen molar-refractivity contribution >= 4 is 28.7 Å². The van der Waals surface area contributed by atoms with Crippen LogP contribution >= 0.6 is 0 Å². The van der Waals surface area contributed by atoms with Gasteiger partial charge in [-0.05, 0) is 18.2 Å². The van der Waals surface area contributed by atoms with Crippen molar-refractivity contribution in [2.45, 2.75) is 0 Å². The van der Waals surface area contributed by atoms with Gasteiger partial charge in [-0.3, -0.25) is 14.9 Å². The number of benzene rings is 2. The van der Waals surface area contributed by atoms with Crippen LogP contribution in [0.3, 0.4) is 0 Å². The number of amides is 1. The quantitative estimate of drug-likeness (QED) is 0.454. The van der Waals surface area contributed by atoms with Crippen LogP contribution in [0.25, 0.3) is 10.9 Å². The van der Waals surface area contributed by atoms with E-state index in [0.717, 1.165) is 10.9 Å². The maximum absolute atomic E-state index is 12.0. The predicted octanol–water partition coefficient (Wildman–Crippen LogP) is 2.91. The summed E-state index contributed by atoms with van der Waals surface area (Å²) in [6, 6.07) is 16.8. The number of hydrogen-bond acceptors (Lipinski definition) is 5. The van der Waals surface area contributed by atoms with Crippen molar-refractivity contribution in [1.29, 1.82) is 0 Å². The lowest BCUT2D eigenvalue weighted by atomic mass is 10.2. The normalized spacial score (nSPS) is 10.8. The molecule has 7 nitrogen and oxygen atoms in total. The van der Waals surface area contributed by atoms with E-state index in [1.807, 2.05) is 30.3 Å². The van der Waals surface area contributed by atoms with Gasteiger partial charge in [0.1, 0.15) is 0 Å². The molecule has 0 spiro atoms. The van der Waals surface area contributed by atoms with Gasteiger partial charge < -0.3 is 0 Å². The van der Waals surface area contributed by atoms with E-state index in [2.05, 4.69) is 15.5 Å². The van der Waals surface area contributed by atoms with Crippen molar-refractivity contribution in [2.75, 3.05) is 0 Å². The average Bonchev–Trinajstić information content (AvgIpc) is 2.61. The molecule has 0 saturated heterocycles. The molecule has 0 aliphatic rings. The Morgan fingerprint density at radius 2 is 1.96 bits per heavy atom. The molecule has 118 valence electrons. The van der Waals surface area contributed by atoms with Gasteiger partial charge in [-0.25, -0.2) is 10.4 Å². The van der Waals surface area contributed by atoms with Gasteiger partial charge in [0, 0.05) is 23.1 Å². The van der Waals surface area contributed by atoms with Crippen LogP contribution in [-0.2, 0) is 0 Å². The van der Waals surface area contributed by atoms with Crippen LogP contribution in [0.2, 0.25) is 0 Å². The SMILES string of the molecule is O=C(NN=Cc1ccc2ccccc2n1)c1cccc([N+](=O)[O-])c1. The highest BCUT2D eigenvalue weighted by atomic mass is 16.6. The Morgan fingerprint density at radius 1 is 1.12 bits per heavy atom. The standard InChI is InChI=1S/C17H12N4O3/c22-17(13-5-3-6-15(10-13)21(23)24)20-18-11-14-9-8-12-4-1-2-7-16(12)19-14/h1-11H,(H,20,22). The number of non-ortho nitro benzene ring substituents is 1. The number of nitro groups is 1. The summed E-state index contributed by atoms with van der Waals surface area (Å²) >= 11 is 0. The summed E-state index contributed by atoms with van der Waals surface area (Å²) in [6.45, 7) is 0. The lowest BCUT2D eigenvalue weighted by Gasteiger charge is -2.00. The van der Waals surface area contributed by atoms with Gasteiger partial charge >= 0.3 is 0 Å². The van der Waals surface area contributed by atoms with Gasteiger partial charge in [0.25, 0.3) is 11.6 Å². The highest BCUT2D eigenvalue weighted by Crippen LogP contribution is 2.13. The summed E-state index contributed by atoms with van der Waals surface area (Å²) in [6.07, 6.45) is 1.42. The highest BCUT2D eigenvalue weighted by Gasteiger charge is 2.10. The smallest absolute Gasteiger partial charge is 0.267 e. The summed E-state index contributed by atoms with van der Waals surface area (Å²) in [5, 5.41) is 15.6. The van der Waals surface area contributed by atoms with Crippen LogP contribution < -0.4 is 5.43 Å². The molecule has 2 aromatic carbocycles. The van der Waals surface area contributed by atoms with Crippen LogP contribution in [0.1, 0.15) is 16.1 Å². The van der Waals surface area contributed by atoms with E-state index in [4.69, 9.17) is 0 Å². The van der Waals surface area contributed by atoms with Gasteiger partial charge in [-0.1, -0.05) is 30.3 Å². The number of nitrogens with zero attached hydrogens (tertiary/aromatic N) is 3. The number of fused-ring (bicyclic) bond motifs is 1. The molecule has 1 N–H and O–H groups in total. The average molecular weight is 320 g/mol. The molecule has 7 heteroatoms. The number of carbonyl (C=O) groups excluding carboxylic acids is 1. The maximum atomic E-state index is 12.0. The Hall–Kier alpha value is -3.61. The number of hydrogen-bond donors (Lipinski definition) is 1. The van der Waals surface area contributed by atoms with Gasteiger partial charge in [0.2, 0.25) is 0 Å². The Morgan fingerprint density at radius 3 is 2.79 bits per heavy atom. The summed E-state index contributed by atoms with van der Waals surface area (Å²) in [7, 11) is 0. The van der Waals surface area contributed by atoms with Crippen molar-refractivity contribution in [3.05, 3.63) is 82.0 Å². The first-order valence-corrected chi connectivity index (χ1v) is 7.07. The number of rotatable bonds is 4. The third-order valence-electron chi connectivity index (χ3n) is 3.30. The van der Waals surface area contributed by atoms with Crippen molar-refractivity contribution in [2.24, 2.45) is 5.10 Å². The molecule has 3 rings (SSSR count). The molecule has 1 aromatic heterocycles. The van der Waals surface area contributed by atoms with Gasteiger partial charge in [0.15, 0.2) is 0 Å². The summed E-state index contributed by atoms with van der Waals surface area (Å²) < 4.78 is 0. The molecule has 3 aromatic rings.